The second-order valence-electron chi connectivity index (χ2n) is 2.53. The minimum atomic E-state index is 0.735. The Balaban J connectivity index is 2.37. The Morgan fingerprint density at radius 3 is 2.67 bits per heavy atom. The monoisotopic (exact) mass is 183 g/mol. The van der Waals surface area contributed by atoms with Crippen LogP contribution in [0.4, 0.5) is 0 Å². The molecule has 1 aromatic heterocycles. The Kier molecular flexibility index (Phi) is 4.04. The Hall–Kier alpha value is -0.610. The van der Waals surface area contributed by atoms with Gasteiger partial charge in [0.2, 0.25) is 0 Å². The number of aromatic nitrogens is 2. The molecule has 0 saturated carbocycles. The zero-order valence-corrected chi connectivity index (χ0v) is 7.97. The van der Waals surface area contributed by atoms with E-state index in [1.54, 1.807) is 11.8 Å². The molecule has 0 fully saturated rings. The van der Waals surface area contributed by atoms with Crippen LogP contribution in [-0.2, 0) is 0 Å². The van der Waals surface area contributed by atoms with Crippen molar-refractivity contribution in [2.24, 2.45) is 5.73 Å². The molecule has 0 radical (unpaired) electrons. The third-order valence-electron chi connectivity index (χ3n) is 1.34. The number of thioether (sulfide) groups is 1. The van der Waals surface area contributed by atoms with E-state index >= 15 is 0 Å². The number of nitrogens with two attached hydrogens (primary N) is 1. The first-order valence-corrected chi connectivity index (χ1v) is 4.93. The molecule has 0 aliphatic heterocycles. The summed E-state index contributed by atoms with van der Waals surface area (Å²) in [5.74, 6) is 1.000. The summed E-state index contributed by atoms with van der Waals surface area (Å²) in [5.41, 5.74) is 6.46. The molecule has 1 heterocycles. The smallest absolute Gasteiger partial charge is 0.187 e. The van der Waals surface area contributed by atoms with Gasteiger partial charge in [0.1, 0.15) is 0 Å². The van der Waals surface area contributed by atoms with Crippen molar-refractivity contribution in [3.05, 3.63) is 18.0 Å². The van der Waals surface area contributed by atoms with E-state index in [1.165, 1.54) is 0 Å². The van der Waals surface area contributed by atoms with Gasteiger partial charge in [0.25, 0.3) is 0 Å². The molecule has 0 saturated heterocycles. The number of hydrogen-bond acceptors (Lipinski definition) is 4. The Labute approximate surface area is 76.8 Å². The highest BCUT2D eigenvalue weighted by Gasteiger charge is 1.95. The van der Waals surface area contributed by atoms with Crippen LogP contribution in [-0.4, -0.2) is 22.3 Å². The second-order valence-corrected chi connectivity index (χ2v) is 3.60. The quantitative estimate of drug-likeness (QED) is 0.433. The van der Waals surface area contributed by atoms with Crippen molar-refractivity contribution in [1.82, 2.24) is 9.97 Å². The maximum Gasteiger partial charge on any atom is 0.187 e. The van der Waals surface area contributed by atoms with Gasteiger partial charge < -0.3 is 5.73 Å². The highest BCUT2D eigenvalue weighted by Crippen LogP contribution is 2.12. The molecule has 1 rings (SSSR count). The third kappa shape index (κ3) is 3.19. The predicted molar refractivity (Wildman–Crippen MR) is 51.2 cm³/mol. The molecular weight excluding hydrogens is 170 g/mol. The first kappa shape index (κ1) is 9.48. The molecule has 0 aromatic carbocycles. The molecule has 0 unspecified atom stereocenters. The van der Waals surface area contributed by atoms with E-state index in [0.717, 1.165) is 29.4 Å². The van der Waals surface area contributed by atoms with E-state index in [2.05, 4.69) is 9.97 Å². The summed E-state index contributed by atoms with van der Waals surface area (Å²) in [6.07, 6.45) is 4.68. The van der Waals surface area contributed by atoms with Gasteiger partial charge in [-0.25, -0.2) is 9.97 Å². The van der Waals surface area contributed by atoms with E-state index < -0.39 is 0 Å². The van der Waals surface area contributed by atoms with Gasteiger partial charge in [0.05, 0.1) is 0 Å². The average molecular weight is 183 g/mol. The highest BCUT2D eigenvalue weighted by atomic mass is 32.2. The summed E-state index contributed by atoms with van der Waals surface area (Å²) < 4.78 is 0. The van der Waals surface area contributed by atoms with Gasteiger partial charge in [-0.15, -0.1) is 0 Å². The van der Waals surface area contributed by atoms with Crippen LogP contribution in [0.15, 0.2) is 17.6 Å². The zero-order chi connectivity index (χ0) is 8.81. The van der Waals surface area contributed by atoms with Crippen LogP contribution in [0, 0.1) is 6.92 Å². The fraction of sp³-hybridized carbons (Fsp3) is 0.500. The lowest BCUT2D eigenvalue weighted by atomic mass is 10.4. The predicted octanol–water partition coefficient (Wildman–Crippen LogP) is 1.23. The first-order chi connectivity index (χ1) is 5.83. The van der Waals surface area contributed by atoms with Gasteiger partial charge in [0, 0.05) is 18.1 Å². The normalized spacial score (nSPS) is 10.2. The molecule has 0 aliphatic carbocycles. The highest BCUT2D eigenvalue weighted by molar-refractivity contribution is 7.99. The summed E-state index contributed by atoms with van der Waals surface area (Å²) in [6.45, 7) is 2.72. The summed E-state index contributed by atoms with van der Waals surface area (Å²) in [6, 6.07) is 0. The lowest BCUT2D eigenvalue weighted by Crippen LogP contribution is -1.99. The summed E-state index contributed by atoms with van der Waals surface area (Å²) in [4.78, 5) is 8.32. The van der Waals surface area contributed by atoms with E-state index in [4.69, 9.17) is 5.73 Å². The SMILES string of the molecule is Cc1cnc(SCCCN)nc1. The fourth-order valence-corrected chi connectivity index (χ4v) is 1.45. The van der Waals surface area contributed by atoms with Crippen molar-refractivity contribution in [2.45, 2.75) is 18.5 Å². The zero-order valence-electron chi connectivity index (χ0n) is 7.16. The standard InChI is InChI=1S/C8H13N3S/c1-7-5-10-8(11-6-7)12-4-2-3-9/h5-6H,2-4,9H2,1H3. The molecule has 3 nitrogen and oxygen atoms in total. The molecule has 1 aromatic rings. The lowest BCUT2D eigenvalue weighted by Gasteiger charge is -1.97. The van der Waals surface area contributed by atoms with Gasteiger partial charge in [-0.3, -0.25) is 0 Å². The van der Waals surface area contributed by atoms with E-state index in [1.807, 2.05) is 19.3 Å². The van der Waals surface area contributed by atoms with Crippen LogP contribution in [0.5, 0.6) is 0 Å². The fourth-order valence-electron chi connectivity index (χ4n) is 0.702. The largest absolute Gasteiger partial charge is 0.330 e. The Morgan fingerprint density at radius 2 is 2.08 bits per heavy atom. The van der Waals surface area contributed by atoms with Crippen molar-refractivity contribution in [3.63, 3.8) is 0 Å². The van der Waals surface area contributed by atoms with E-state index in [9.17, 15) is 0 Å². The summed E-state index contributed by atoms with van der Waals surface area (Å²) >= 11 is 1.65. The molecule has 0 amide bonds. The molecule has 66 valence electrons. The molecule has 2 N–H and O–H groups in total. The van der Waals surface area contributed by atoms with Crippen LogP contribution < -0.4 is 5.73 Å². The minimum absolute atomic E-state index is 0.735. The molecule has 0 bridgehead atoms. The Bertz CT molecular complexity index is 222. The van der Waals surface area contributed by atoms with Gasteiger partial charge in [-0.1, -0.05) is 11.8 Å². The van der Waals surface area contributed by atoms with Gasteiger partial charge in [-0.2, -0.15) is 0 Å². The van der Waals surface area contributed by atoms with Crippen molar-refractivity contribution in [1.29, 1.82) is 0 Å². The van der Waals surface area contributed by atoms with Gasteiger partial charge >= 0.3 is 0 Å². The molecule has 0 spiro atoms. The van der Waals surface area contributed by atoms with Crippen molar-refractivity contribution in [2.75, 3.05) is 12.3 Å². The molecule has 0 atom stereocenters. The van der Waals surface area contributed by atoms with Crippen LogP contribution >= 0.6 is 11.8 Å². The number of nitrogens with zero attached hydrogens (tertiary/aromatic N) is 2. The van der Waals surface area contributed by atoms with Crippen molar-refractivity contribution >= 4 is 11.8 Å². The van der Waals surface area contributed by atoms with E-state index in [-0.39, 0.29) is 0 Å². The van der Waals surface area contributed by atoms with Crippen LogP contribution in [0.3, 0.4) is 0 Å². The topological polar surface area (TPSA) is 51.8 Å². The van der Waals surface area contributed by atoms with Crippen LogP contribution in [0.25, 0.3) is 0 Å². The Morgan fingerprint density at radius 1 is 1.42 bits per heavy atom. The number of aryl methyl sites for hydroxylation is 1. The molecular formula is C8H13N3S. The molecule has 12 heavy (non-hydrogen) atoms. The maximum absolute atomic E-state index is 5.36. The third-order valence-corrected chi connectivity index (χ3v) is 2.30. The van der Waals surface area contributed by atoms with Crippen LogP contribution in [0.1, 0.15) is 12.0 Å². The first-order valence-electron chi connectivity index (χ1n) is 3.94. The second kappa shape index (κ2) is 5.11. The van der Waals surface area contributed by atoms with Crippen molar-refractivity contribution in [3.8, 4) is 0 Å². The summed E-state index contributed by atoms with van der Waals surface area (Å²) in [5, 5.41) is 0.842. The van der Waals surface area contributed by atoms with Crippen molar-refractivity contribution < 1.29 is 0 Å². The van der Waals surface area contributed by atoms with Crippen LogP contribution in [0.2, 0.25) is 0 Å². The molecule has 4 heteroatoms. The maximum atomic E-state index is 5.36. The number of hydrogen-bond donors (Lipinski definition) is 1. The van der Waals surface area contributed by atoms with Gasteiger partial charge in [0.15, 0.2) is 5.16 Å². The van der Waals surface area contributed by atoms with Gasteiger partial charge in [-0.05, 0) is 25.5 Å². The molecule has 0 aliphatic rings. The van der Waals surface area contributed by atoms with E-state index in [0.29, 0.717) is 0 Å². The lowest BCUT2D eigenvalue weighted by molar-refractivity contribution is 0.920. The average Bonchev–Trinajstić information content (AvgIpc) is 2.09. The number of rotatable bonds is 4. The minimum Gasteiger partial charge on any atom is -0.330 e. The summed E-state index contributed by atoms with van der Waals surface area (Å²) in [7, 11) is 0.